The highest BCUT2D eigenvalue weighted by atomic mass is 19.1. The molecule has 0 saturated carbocycles. The van der Waals surface area contributed by atoms with E-state index in [9.17, 15) is 4.39 Å². The molecule has 1 fully saturated rings. The third-order valence-corrected chi connectivity index (χ3v) is 2.71. The molecule has 2 nitrogen and oxygen atoms in total. The van der Waals surface area contributed by atoms with E-state index < -0.39 is 12.8 Å². The quantitative estimate of drug-likeness (QED) is 0.689. The molecule has 1 aliphatic heterocycles. The Labute approximate surface area is 73.4 Å². The van der Waals surface area contributed by atoms with E-state index in [4.69, 9.17) is 5.11 Å². The van der Waals surface area contributed by atoms with Gasteiger partial charge in [0.25, 0.3) is 0 Å². The summed E-state index contributed by atoms with van der Waals surface area (Å²) in [6.45, 7) is 6.26. The predicted octanol–water partition coefficient (Wildman–Crippen LogP) is 0.905. The van der Waals surface area contributed by atoms with E-state index in [0.717, 1.165) is 13.1 Å². The van der Waals surface area contributed by atoms with Crippen LogP contribution in [0.5, 0.6) is 0 Å². The Balaban J connectivity index is 2.27. The Morgan fingerprint density at radius 1 is 1.42 bits per heavy atom. The van der Waals surface area contributed by atoms with Crippen molar-refractivity contribution in [2.45, 2.75) is 20.0 Å². The minimum atomic E-state index is -0.789. The minimum absolute atomic E-state index is 0.491. The molecule has 3 unspecified atom stereocenters. The lowest BCUT2D eigenvalue weighted by Gasteiger charge is -2.17. The summed E-state index contributed by atoms with van der Waals surface area (Å²) in [6.07, 6.45) is -0.789. The molecule has 0 aromatic heterocycles. The van der Waals surface area contributed by atoms with Crippen molar-refractivity contribution in [1.82, 2.24) is 4.90 Å². The standard InChI is InChI=1S/C9H18FNO/c1-7-4-11(5-8(7)2)6-9(12)3-10/h7-9,12H,3-6H2,1-2H3. The number of aliphatic hydroxyl groups is 1. The Hall–Kier alpha value is -0.150. The highest BCUT2D eigenvalue weighted by molar-refractivity contribution is 4.79. The Kier molecular flexibility index (Phi) is 3.47. The number of nitrogens with zero attached hydrogens (tertiary/aromatic N) is 1. The van der Waals surface area contributed by atoms with Crippen molar-refractivity contribution in [3.05, 3.63) is 0 Å². The van der Waals surface area contributed by atoms with E-state index in [0.29, 0.717) is 18.4 Å². The molecule has 3 atom stereocenters. The summed E-state index contributed by atoms with van der Waals surface area (Å²) in [5, 5.41) is 9.07. The first-order valence-corrected chi connectivity index (χ1v) is 4.60. The number of alkyl halides is 1. The molecule has 0 radical (unpaired) electrons. The second kappa shape index (κ2) is 4.19. The van der Waals surface area contributed by atoms with E-state index in [2.05, 4.69) is 18.7 Å². The normalized spacial score (nSPS) is 34.0. The van der Waals surface area contributed by atoms with Gasteiger partial charge < -0.3 is 10.0 Å². The maximum atomic E-state index is 12.0. The highest BCUT2D eigenvalue weighted by Crippen LogP contribution is 2.21. The third-order valence-electron chi connectivity index (χ3n) is 2.71. The molecule has 1 rings (SSSR count). The van der Waals surface area contributed by atoms with Crippen molar-refractivity contribution in [3.8, 4) is 0 Å². The van der Waals surface area contributed by atoms with Gasteiger partial charge in [-0.1, -0.05) is 13.8 Å². The van der Waals surface area contributed by atoms with Gasteiger partial charge in [-0.15, -0.1) is 0 Å². The van der Waals surface area contributed by atoms with E-state index in [1.807, 2.05) is 0 Å². The molecule has 72 valence electrons. The Morgan fingerprint density at radius 2 is 1.92 bits per heavy atom. The Bertz CT molecular complexity index is 132. The number of hydrogen-bond donors (Lipinski definition) is 1. The molecule has 1 N–H and O–H groups in total. The molecule has 1 saturated heterocycles. The van der Waals surface area contributed by atoms with E-state index in [-0.39, 0.29) is 0 Å². The van der Waals surface area contributed by atoms with Crippen molar-refractivity contribution in [1.29, 1.82) is 0 Å². The second-order valence-electron chi connectivity index (χ2n) is 3.98. The summed E-state index contributed by atoms with van der Waals surface area (Å²) in [6, 6.07) is 0. The molecule has 0 bridgehead atoms. The average Bonchev–Trinajstić information content (AvgIpc) is 2.31. The lowest BCUT2D eigenvalue weighted by atomic mass is 10.0. The molecule has 1 heterocycles. The summed E-state index contributed by atoms with van der Waals surface area (Å²) < 4.78 is 12.0. The zero-order valence-corrected chi connectivity index (χ0v) is 7.83. The van der Waals surface area contributed by atoms with Crippen LogP contribution in [0.1, 0.15) is 13.8 Å². The zero-order chi connectivity index (χ0) is 9.14. The van der Waals surface area contributed by atoms with Crippen LogP contribution in [0.25, 0.3) is 0 Å². The molecule has 3 heteroatoms. The fourth-order valence-corrected chi connectivity index (χ4v) is 1.74. The van der Waals surface area contributed by atoms with Gasteiger partial charge in [0.1, 0.15) is 6.67 Å². The van der Waals surface area contributed by atoms with Crippen molar-refractivity contribution in [2.24, 2.45) is 11.8 Å². The average molecular weight is 175 g/mol. The van der Waals surface area contributed by atoms with E-state index in [1.54, 1.807) is 0 Å². The molecule has 0 aromatic rings. The SMILES string of the molecule is CC1CN(CC(O)CF)CC1C. The molecule has 0 amide bonds. The lowest BCUT2D eigenvalue weighted by molar-refractivity contribution is 0.0975. The van der Waals surface area contributed by atoms with Crippen molar-refractivity contribution >= 4 is 0 Å². The van der Waals surface area contributed by atoms with Gasteiger partial charge in [-0.2, -0.15) is 0 Å². The number of rotatable bonds is 3. The molecule has 12 heavy (non-hydrogen) atoms. The van der Waals surface area contributed by atoms with Gasteiger partial charge in [0.05, 0.1) is 6.10 Å². The van der Waals surface area contributed by atoms with Gasteiger partial charge in [-0.3, -0.25) is 0 Å². The van der Waals surface area contributed by atoms with Crippen LogP contribution in [0.4, 0.5) is 4.39 Å². The summed E-state index contributed by atoms with van der Waals surface area (Å²) in [5.41, 5.74) is 0. The van der Waals surface area contributed by atoms with Crippen LogP contribution in [-0.4, -0.2) is 42.4 Å². The highest BCUT2D eigenvalue weighted by Gasteiger charge is 2.26. The third kappa shape index (κ3) is 2.42. The van der Waals surface area contributed by atoms with Crippen LogP contribution in [0.15, 0.2) is 0 Å². The van der Waals surface area contributed by atoms with Crippen molar-refractivity contribution < 1.29 is 9.50 Å². The number of β-amino-alcohol motifs (C(OH)–C–C–N with tert-alkyl or cyclic N) is 1. The van der Waals surface area contributed by atoms with Crippen LogP contribution in [0, 0.1) is 11.8 Å². The van der Waals surface area contributed by atoms with Crippen LogP contribution in [0.2, 0.25) is 0 Å². The van der Waals surface area contributed by atoms with Crippen LogP contribution >= 0.6 is 0 Å². The fraction of sp³-hybridized carbons (Fsp3) is 1.00. The lowest BCUT2D eigenvalue weighted by Crippen LogP contribution is -2.31. The van der Waals surface area contributed by atoms with Gasteiger partial charge in [0, 0.05) is 19.6 Å². The maximum absolute atomic E-state index is 12.0. The first-order chi connectivity index (χ1) is 5.63. The van der Waals surface area contributed by atoms with Crippen molar-refractivity contribution in [2.75, 3.05) is 26.3 Å². The Morgan fingerprint density at radius 3 is 2.33 bits per heavy atom. The van der Waals surface area contributed by atoms with E-state index >= 15 is 0 Å². The van der Waals surface area contributed by atoms with Crippen LogP contribution < -0.4 is 0 Å². The number of aliphatic hydroxyl groups excluding tert-OH is 1. The molecule has 1 aliphatic rings. The summed E-state index contributed by atoms with van der Waals surface area (Å²) in [7, 11) is 0. The largest absolute Gasteiger partial charge is 0.389 e. The summed E-state index contributed by atoms with van der Waals surface area (Å²) in [4.78, 5) is 2.14. The summed E-state index contributed by atoms with van der Waals surface area (Å²) >= 11 is 0. The second-order valence-corrected chi connectivity index (χ2v) is 3.98. The van der Waals surface area contributed by atoms with Gasteiger partial charge in [-0.25, -0.2) is 4.39 Å². The molecular weight excluding hydrogens is 157 g/mol. The predicted molar refractivity (Wildman–Crippen MR) is 46.7 cm³/mol. The first kappa shape index (κ1) is 9.93. The zero-order valence-electron chi connectivity index (χ0n) is 7.83. The topological polar surface area (TPSA) is 23.5 Å². The van der Waals surface area contributed by atoms with Crippen LogP contribution in [-0.2, 0) is 0 Å². The summed E-state index contributed by atoms with van der Waals surface area (Å²) in [5.74, 6) is 1.36. The van der Waals surface area contributed by atoms with Crippen LogP contribution in [0.3, 0.4) is 0 Å². The number of hydrogen-bond acceptors (Lipinski definition) is 2. The number of likely N-dealkylation sites (tertiary alicyclic amines) is 1. The van der Waals surface area contributed by atoms with E-state index in [1.165, 1.54) is 0 Å². The first-order valence-electron chi connectivity index (χ1n) is 4.60. The molecule has 0 aliphatic carbocycles. The van der Waals surface area contributed by atoms with Gasteiger partial charge >= 0.3 is 0 Å². The maximum Gasteiger partial charge on any atom is 0.117 e. The fourth-order valence-electron chi connectivity index (χ4n) is 1.74. The monoisotopic (exact) mass is 175 g/mol. The van der Waals surface area contributed by atoms with Gasteiger partial charge in [0.2, 0.25) is 0 Å². The molecule has 0 spiro atoms. The molecule has 0 aromatic carbocycles. The smallest absolute Gasteiger partial charge is 0.117 e. The van der Waals surface area contributed by atoms with Crippen molar-refractivity contribution in [3.63, 3.8) is 0 Å². The van der Waals surface area contributed by atoms with Gasteiger partial charge in [0.15, 0.2) is 0 Å². The minimum Gasteiger partial charge on any atom is -0.389 e. The number of halogens is 1. The molecular formula is C9H18FNO. The van der Waals surface area contributed by atoms with Gasteiger partial charge in [-0.05, 0) is 11.8 Å².